The lowest BCUT2D eigenvalue weighted by Crippen LogP contribution is -2.50. The molecule has 2 rings (SSSR count). The van der Waals surface area contributed by atoms with Gasteiger partial charge in [0.25, 0.3) is 5.91 Å². The average Bonchev–Trinajstić information content (AvgIpc) is 3.31. The summed E-state index contributed by atoms with van der Waals surface area (Å²) in [4.78, 5) is 24.5. The van der Waals surface area contributed by atoms with Crippen LogP contribution < -0.4 is 10.6 Å². The summed E-state index contributed by atoms with van der Waals surface area (Å²) in [7, 11) is 0. The summed E-state index contributed by atoms with van der Waals surface area (Å²) in [5, 5.41) is 14.9. The largest absolute Gasteiger partial charge is 0.396 e. The highest BCUT2D eigenvalue weighted by Crippen LogP contribution is 2.44. The molecule has 1 aliphatic carbocycles. The summed E-state index contributed by atoms with van der Waals surface area (Å²) in [5.74, 6) is -0.464. The zero-order chi connectivity index (χ0) is 16.2. The minimum atomic E-state index is -0.581. The maximum absolute atomic E-state index is 12.3. The summed E-state index contributed by atoms with van der Waals surface area (Å²) in [6, 6.07) is 8.27. The summed E-state index contributed by atoms with van der Waals surface area (Å²) in [6.45, 7) is 4.35. The van der Waals surface area contributed by atoms with Crippen molar-refractivity contribution >= 4 is 11.8 Å². The number of aliphatic hydroxyl groups is 1. The molecule has 1 aliphatic rings. The molecule has 1 atom stereocenters. The molecule has 120 valence electrons. The number of benzene rings is 1. The predicted molar refractivity (Wildman–Crippen MR) is 84.3 cm³/mol. The molecule has 2 amide bonds. The molecule has 0 aliphatic heterocycles. The summed E-state index contributed by atoms with van der Waals surface area (Å²) < 4.78 is 0. The maximum atomic E-state index is 12.3. The van der Waals surface area contributed by atoms with Gasteiger partial charge < -0.3 is 15.7 Å². The van der Waals surface area contributed by atoms with Crippen LogP contribution in [0.15, 0.2) is 30.3 Å². The average molecular weight is 304 g/mol. The second kappa shape index (κ2) is 6.92. The zero-order valence-corrected chi connectivity index (χ0v) is 13.1. The van der Waals surface area contributed by atoms with E-state index in [1.165, 1.54) is 0 Å². The monoisotopic (exact) mass is 304 g/mol. The second-order valence-corrected chi connectivity index (χ2v) is 6.44. The first-order valence-corrected chi connectivity index (χ1v) is 7.72. The highest BCUT2D eigenvalue weighted by Gasteiger charge is 2.42. The van der Waals surface area contributed by atoms with Gasteiger partial charge in [-0.3, -0.25) is 9.59 Å². The molecule has 1 aromatic carbocycles. The Morgan fingerprint density at radius 2 is 1.86 bits per heavy atom. The minimum absolute atomic E-state index is 0.0167. The minimum Gasteiger partial charge on any atom is -0.396 e. The maximum Gasteiger partial charge on any atom is 0.251 e. The number of aliphatic hydroxyl groups excluding tert-OH is 1. The molecule has 1 aromatic rings. The first kappa shape index (κ1) is 16.5. The smallest absolute Gasteiger partial charge is 0.251 e. The van der Waals surface area contributed by atoms with E-state index in [4.69, 9.17) is 0 Å². The Morgan fingerprint density at radius 3 is 2.36 bits per heavy atom. The molecule has 0 spiro atoms. The number of hydrogen-bond donors (Lipinski definition) is 3. The molecule has 1 unspecified atom stereocenters. The molecule has 5 nitrogen and oxygen atoms in total. The Labute approximate surface area is 131 Å². The van der Waals surface area contributed by atoms with Gasteiger partial charge in [-0.2, -0.15) is 0 Å². The molecule has 0 heterocycles. The number of carbonyl (C=O) groups is 2. The quantitative estimate of drug-likeness (QED) is 0.711. The molecule has 0 saturated heterocycles. The third kappa shape index (κ3) is 4.07. The van der Waals surface area contributed by atoms with Gasteiger partial charge in [-0.05, 0) is 30.9 Å². The second-order valence-electron chi connectivity index (χ2n) is 6.44. The SMILES string of the molecule is CC(C)C(NC(=O)c1ccccc1)C(=O)NCC1(CO)CC1. The van der Waals surface area contributed by atoms with Crippen LogP contribution >= 0.6 is 0 Å². The third-order valence-electron chi connectivity index (χ3n) is 4.20. The van der Waals surface area contributed by atoms with Crippen LogP contribution in [0.2, 0.25) is 0 Å². The van der Waals surface area contributed by atoms with Crippen molar-refractivity contribution in [2.75, 3.05) is 13.2 Å². The van der Waals surface area contributed by atoms with Crippen molar-refractivity contribution in [3.63, 3.8) is 0 Å². The first-order chi connectivity index (χ1) is 10.5. The fourth-order valence-corrected chi connectivity index (χ4v) is 2.30. The van der Waals surface area contributed by atoms with Crippen LogP contribution in [0.1, 0.15) is 37.0 Å². The van der Waals surface area contributed by atoms with Crippen LogP contribution in [0.25, 0.3) is 0 Å². The first-order valence-electron chi connectivity index (χ1n) is 7.72. The van der Waals surface area contributed by atoms with Crippen LogP contribution in [0.4, 0.5) is 0 Å². The van der Waals surface area contributed by atoms with E-state index in [0.717, 1.165) is 12.8 Å². The van der Waals surface area contributed by atoms with E-state index in [0.29, 0.717) is 12.1 Å². The van der Waals surface area contributed by atoms with E-state index >= 15 is 0 Å². The van der Waals surface area contributed by atoms with Crippen LogP contribution in [-0.2, 0) is 4.79 Å². The molecule has 0 bridgehead atoms. The summed E-state index contributed by atoms with van der Waals surface area (Å²) >= 11 is 0. The molecule has 22 heavy (non-hydrogen) atoms. The standard InChI is InChI=1S/C17H24N2O3/c1-12(2)14(16(22)18-10-17(11-20)8-9-17)19-15(21)13-6-4-3-5-7-13/h3-7,12,14,20H,8-11H2,1-2H3,(H,18,22)(H,19,21). The normalized spacial score (nSPS) is 16.9. The Kier molecular flexibility index (Phi) is 5.19. The topological polar surface area (TPSA) is 78.4 Å². The molecule has 5 heteroatoms. The third-order valence-corrected chi connectivity index (χ3v) is 4.20. The van der Waals surface area contributed by atoms with Crippen molar-refractivity contribution < 1.29 is 14.7 Å². The lowest BCUT2D eigenvalue weighted by atomic mass is 10.0. The van der Waals surface area contributed by atoms with Gasteiger partial charge in [-0.15, -0.1) is 0 Å². The van der Waals surface area contributed by atoms with Crippen molar-refractivity contribution in [3.8, 4) is 0 Å². The van der Waals surface area contributed by atoms with Crippen molar-refractivity contribution in [2.24, 2.45) is 11.3 Å². The van der Waals surface area contributed by atoms with E-state index in [2.05, 4.69) is 10.6 Å². The van der Waals surface area contributed by atoms with Gasteiger partial charge in [0.15, 0.2) is 0 Å². The van der Waals surface area contributed by atoms with E-state index in [9.17, 15) is 14.7 Å². The molecule has 0 aromatic heterocycles. The molecular weight excluding hydrogens is 280 g/mol. The van der Waals surface area contributed by atoms with Crippen LogP contribution in [0, 0.1) is 11.3 Å². The Hall–Kier alpha value is -1.88. The van der Waals surface area contributed by atoms with Gasteiger partial charge in [-0.1, -0.05) is 32.0 Å². The van der Waals surface area contributed by atoms with E-state index in [1.54, 1.807) is 24.3 Å². The number of nitrogens with one attached hydrogen (secondary N) is 2. The van der Waals surface area contributed by atoms with Crippen molar-refractivity contribution in [3.05, 3.63) is 35.9 Å². The predicted octanol–water partition coefficient (Wildman–Crippen LogP) is 1.33. The molecule has 1 fully saturated rings. The summed E-state index contributed by atoms with van der Waals surface area (Å²) in [5.41, 5.74) is 0.399. The number of hydrogen-bond acceptors (Lipinski definition) is 3. The molecule has 0 radical (unpaired) electrons. The Balaban J connectivity index is 1.94. The van der Waals surface area contributed by atoms with Crippen LogP contribution in [-0.4, -0.2) is 36.1 Å². The molecule has 3 N–H and O–H groups in total. The number of amides is 2. The van der Waals surface area contributed by atoms with Gasteiger partial charge in [0.2, 0.25) is 5.91 Å². The zero-order valence-electron chi connectivity index (χ0n) is 13.1. The van der Waals surface area contributed by atoms with Gasteiger partial charge in [0.1, 0.15) is 6.04 Å². The van der Waals surface area contributed by atoms with Gasteiger partial charge in [0.05, 0.1) is 6.61 Å². The Morgan fingerprint density at radius 1 is 1.23 bits per heavy atom. The lowest BCUT2D eigenvalue weighted by Gasteiger charge is -2.23. The fourth-order valence-electron chi connectivity index (χ4n) is 2.30. The molecule has 1 saturated carbocycles. The highest BCUT2D eigenvalue weighted by atomic mass is 16.3. The highest BCUT2D eigenvalue weighted by molar-refractivity contribution is 5.97. The van der Waals surface area contributed by atoms with Gasteiger partial charge in [0, 0.05) is 17.5 Å². The van der Waals surface area contributed by atoms with E-state index < -0.39 is 6.04 Å². The van der Waals surface area contributed by atoms with Gasteiger partial charge in [-0.25, -0.2) is 0 Å². The van der Waals surface area contributed by atoms with Crippen molar-refractivity contribution in [1.29, 1.82) is 0 Å². The Bertz CT molecular complexity index is 524. The fraction of sp³-hybridized carbons (Fsp3) is 0.529. The number of rotatable bonds is 7. The van der Waals surface area contributed by atoms with Crippen molar-refractivity contribution in [1.82, 2.24) is 10.6 Å². The van der Waals surface area contributed by atoms with E-state index in [1.807, 2.05) is 19.9 Å². The van der Waals surface area contributed by atoms with Crippen LogP contribution in [0.3, 0.4) is 0 Å². The van der Waals surface area contributed by atoms with Crippen LogP contribution in [0.5, 0.6) is 0 Å². The summed E-state index contributed by atoms with van der Waals surface area (Å²) in [6.07, 6.45) is 1.87. The van der Waals surface area contributed by atoms with Gasteiger partial charge >= 0.3 is 0 Å². The molecular formula is C17H24N2O3. The number of carbonyl (C=O) groups excluding carboxylic acids is 2. The van der Waals surface area contributed by atoms with E-state index in [-0.39, 0.29) is 29.8 Å². The lowest BCUT2D eigenvalue weighted by molar-refractivity contribution is -0.124. The van der Waals surface area contributed by atoms with Crippen molar-refractivity contribution in [2.45, 2.75) is 32.7 Å².